The molecule has 202 valence electrons. The highest BCUT2D eigenvalue weighted by atomic mass is 32.2. The maximum Gasteiger partial charge on any atom is 0.356 e. The number of piperidine rings is 1. The van der Waals surface area contributed by atoms with Gasteiger partial charge in [0.15, 0.2) is 11.3 Å². The maximum atomic E-state index is 12.7. The summed E-state index contributed by atoms with van der Waals surface area (Å²) in [6.45, 7) is 3.48. The third kappa shape index (κ3) is 4.85. The SMILES string of the molecule is COC(=O)c1cc(N2CCC(O)(CN3CCS(=O)CC3)CC2)c2c(C3CCC3)nn(-c3ccccc3)c2n1. The number of nitrogens with zero attached hydrogens (tertiary/aromatic N) is 5. The molecule has 0 amide bonds. The molecule has 4 heterocycles. The molecule has 38 heavy (non-hydrogen) atoms. The van der Waals surface area contributed by atoms with Crippen molar-refractivity contribution < 1.29 is 18.8 Å². The van der Waals surface area contributed by atoms with Crippen LogP contribution < -0.4 is 4.90 Å². The van der Waals surface area contributed by atoms with Crippen LogP contribution in [-0.2, 0) is 15.5 Å². The Morgan fingerprint density at radius 3 is 2.47 bits per heavy atom. The number of pyridine rings is 1. The van der Waals surface area contributed by atoms with Crippen molar-refractivity contribution in [3.05, 3.63) is 47.8 Å². The lowest BCUT2D eigenvalue weighted by Crippen LogP contribution is -2.53. The van der Waals surface area contributed by atoms with Crippen LogP contribution in [0.2, 0.25) is 0 Å². The molecule has 2 saturated heterocycles. The second-order valence-corrected chi connectivity index (χ2v) is 12.5. The van der Waals surface area contributed by atoms with Crippen LogP contribution in [0.1, 0.15) is 54.2 Å². The number of carbonyl (C=O) groups is 1. The van der Waals surface area contributed by atoms with Crippen LogP contribution in [0.5, 0.6) is 0 Å². The Hall–Kier alpha value is -2.82. The first-order chi connectivity index (χ1) is 18.4. The Balaban J connectivity index is 1.36. The highest BCUT2D eigenvalue weighted by Crippen LogP contribution is 2.43. The number of fused-ring (bicyclic) bond motifs is 1. The largest absolute Gasteiger partial charge is 0.464 e. The summed E-state index contributed by atoms with van der Waals surface area (Å²) < 4.78 is 18.7. The van der Waals surface area contributed by atoms with Crippen LogP contribution in [0.25, 0.3) is 16.7 Å². The quantitative estimate of drug-likeness (QED) is 0.479. The number of methoxy groups -OCH3 is 1. The lowest BCUT2D eigenvalue weighted by atomic mass is 9.81. The third-order valence-corrected chi connectivity index (χ3v) is 9.63. The van der Waals surface area contributed by atoms with Gasteiger partial charge in [0.1, 0.15) is 0 Å². The van der Waals surface area contributed by atoms with E-state index >= 15 is 0 Å². The molecule has 9 nitrogen and oxygen atoms in total. The number of rotatable bonds is 6. The summed E-state index contributed by atoms with van der Waals surface area (Å²) in [5, 5.41) is 17.5. The number of anilines is 1. The standard InChI is InChI=1S/C28H35N5O4S/c1-37-27(34)22-18-23(32-12-10-28(35,11-13-32)19-31-14-16-38(36)17-15-31)24-25(20-6-5-7-20)30-33(26(24)29-22)21-8-3-2-4-9-21/h2-4,8-9,18,20,35H,5-7,10-17,19H2,1H3. The van der Waals surface area contributed by atoms with E-state index in [1.165, 1.54) is 13.5 Å². The third-order valence-electron chi connectivity index (χ3n) is 8.35. The van der Waals surface area contributed by atoms with Gasteiger partial charge in [-0.15, -0.1) is 0 Å². The number of carbonyl (C=O) groups excluding carboxylic acids is 1. The van der Waals surface area contributed by atoms with Crippen LogP contribution in [0, 0.1) is 0 Å². The number of esters is 1. The molecule has 2 aliphatic heterocycles. The number of hydrogen-bond acceptors (Lipinski definition) is 8. The summed E-state index contributed by atoms with van der Waals surface area (Å²) in [5.41, 5.74) is 3.02. The van der Waals surface area contributed by atoms with Gasteiger partial charge in [0.25, 0.3) is 0 Å². The van der Waals surface area contributed by atoms with E-state index in [0.717, 1.165) is 48.4 Å². The second kappa shape index (κ2) is 10.4. The predicted octanol–water partition coefficient (Wildman–Crippen LogP) is 2.87. The molecule has 0 bridgehead atoms. The van der Waals surface area contributed by atoms with Crippen molar-refractivity contribution in [2.75, 3.05) is 56.2 Å². The fraction of sp³-hybridized carbons (Fsp3) is 0.536. The van der Waals surface area contributed by atoms with E-state index in [1.807, 2.05) is 41.1 Å². The van der Waals surface area contributed by atoms with Crippen molar-refractivity contribution in [2.24, 2.45) is 0 Å². The number of ether oxygens (including phenoxy) is 1. The van der Waals surface area contributed by atoms with Crippen LogP contribution in [0.4, 0.5) is 5.69 Å². The van der Waals surface area contributed by atoms with Gasteiger partial charge in [0.05, 0.1) is 35.2 Å². The second-order valence-electron chi connectivity index (χ2n) is 10.8. The molecule has 1 aliphatic carbocycles. The highest BCUT2D eigenvalue weighted by Gasteiger charge is 2.37. The Labute approximate surface area is 225 Å². The minimum atomic E-state index is -0.780. The Morgan fingerprint density at radius 1 is 1.13 bits per heavy atom. The normalized spacial score (nSPS) is 20.9. The summed E-state index contributed by atoms with van der Waals surface area (Å²) in [5.74, 6) is 1.26. The van der Waals surface area contributed by atoms with Crippen LogP contribution >= 0.6 is 0 Å². The van der Waals surface area contributed by atoms with Gasteiger partial charge in [-0.25, -0.2) is 14.5 Å². The van der Waals surface area contributed by atoms with Gasteiger partial charge < -0.3 is 14.7 Å². The first-order valence-electron chi connectivity index (χ1n) is 13.6. The zero-order valence-electron chi connectivity index (χ0n) is 21.8. The molecular weight excluding hydrogens is 502 g/mol. The summed E-state index contributed by atoms with van der Waals surface area (Å²) in [4.78, 5) is 22.0. The smallest absolute Gasteiger partial charge is 0.356 e. The highest BCUT2D eigenvalue weighted by molar-refractivity contribution is 7.85. The van der Waals surface area contributed by atoms with Gasteiger partial charge in [-0.2, -0.15) is 5.10 Å². The van der Waals surface area contributed by atoms with E-state index in [4.69, 9.17) is 14.8 Å². The molecule has 6 rings (SSSR count). The maximum absolute atomic E-state index is 12.7. The first-order valence-corrected chi connectivity index (χ1v) is 15.0. The van der Waals surface area contributed by atoms with E-state index in [2.05, 4.69) is 9.80 Å². The van der Waals surface area contributed by atoms with Crippen molar-refractivity contribution in [1.29, 1.82) is 0 Å². The van der Waals surface area contributed by atoms with Crippen LogP contribution in [-0.4, -0.2) is 91.9 Å². The topological polar surface area (TPSA) is 101 Å². The van der Waals surface area contributed by atoms with Gasteiger partial charge in [-0.05, 0) is 43.9 Å². The molecule has 3 aliphatic rings. The number of β-amino-alcohol motifs (C(OH)–C–C–N with tert-alkyl or cyclic N) is 1. The fourth-order valence-corrected chi connectivity index (χ4v) is 7.00. The van der Waals surface area contributed by atoms with Gasteiger partial charge >= 0.3 is 5.97 Å². The minimum absolute atomic E-state index is 0.259. The molecule has 3 fully saturated rings. The van der Waals surface area contributed by atoms with Crippen molar-refractivity contribution in [3.63, 3.8) is 0 Å². The Bertz CT molecular complexity index is 1340. The summed E-state index contributed by atoms with van der Waals surface area (Å²) in [6, 6.07) is 11.8. The van der Waals surface area contributed by atoms with Crippen LogP contribution in [0.3, 0.4) is 0 Å². The predicted molar refractivity (Wildman–Crippen MR) is 148 cm³/mol. The molecule has 1 aromatic carbocycles. The fourth-order valence-electron chi connectivity index (χ4n) is 5.87. The zero-order valence-corrected chi connectivity index (χ0v) is 22.7. The van der Waals surface area contributed by atoms with Crippen molar-refractivity contribution in [3.8, 4) is 5.69 Å². The lowest BCUT2D eigenvalue weighted by Gasteiger charge is -2.42. The molecular formula is C28H35N5O4S. The van der Waals surface area contributed by atoms with Gasteiger partial charge in [0.2, 0.25) is 0 Å². The number of para-hydroxylation sites is 1. The number of aliphatic hydroxyl groups is 1. The number of aromatic nitrogens is 3. The molecule has 0 radical (unpaired) electrons. The van der Waals surface area contributed by atoms with E-state index in [9.17, 15) is 14.1 Å². The number of hydrogen-bond donors (Lipinski definition) is 1. The summed E-state index contributed by atoms with van der Waals surface area (Å²) >= 11 is 0. The van der Waals surface area contributed by atoms with Gasteiger partial charge in [-0.3, -0.25) is 9.11 Å². The number of benzene rings is 1. The molecule has 3 aromatic rings. The van der Waals surface area contributed by atoms with Gasteiger partial charge in [0, 0.05) is 60.9 Å². The molecule has 2 aromatic heterocycles. The van der Waals surface area contributed by atoms with E-state index in [-0.39, 0.29) is 5.69 Å². The molecule has 0 spiro atoms. The molecule has 0 atom stereocenters. The van der Waals surface area contributed by atoms with Crippen molar-refractivity contribution in [1.82, 2.24) is 19.7 Å². The van der Waals surface area contributed by atoms with Crippen LogP contribution in [0.15, 0.2) is 36.4 Å². The summed E-state index contributed by atoms with van der Waals surface area (Å²) in [7, 11) is 0.645. The Morgan fingerprint density at radius 2 is 1.84 bits per heavy atom. The Kier molecular flexibility index (Phi) is 6.96. The summed E-state index contributed by atoms with van der Waals surface area (Å²) in [6.07, 6.45) is 4.62. The molecule has 1 N–H and O–H groups in total. The first kappa shape index (κ1) is 25.5. The molecule has 10 heteroatoms. The van der Waals surface area contributed by atoms with E-state index in [0.29, 0.717) is 55.5 Å². The van der Waals surface area contributed by atoms with E-state index < -0.39 is 22.4 Å². The van der Waals surface area contributed by atoms with Crippen molar-refractivity contribution in [2.45, 2.75) is 43.6 Å². The average molecular weight is 538 g/mol. The average Bonchev–Trinajstić information content (AvgIpc) is 3.28. The van der Waals surface area contributed by atoms with Crippen molar-refractivity contribution >= 4 is 33.5 Å². The molecule has 0 unspecified atom stereocenters. The van der Waals surface area contributed by atoms with E-state index in [1.54, 1.807) is 0 Å². The lowest BCUT2D eigenvalue weighted by molar-refractivity contribution is -0.0142. The monoisotopic (exact) mass is 537 g/mol. The molecule has 1 saturated carbocycles. The van der Waals surface area contributed by atoms with Gasteiger partial charge in [-0.1, -0.05) is 24.6 Å². The zero-order chi connectivity index (χ0) is 26.3. The minimum Gasteiger partial charge on any atom is -0.464 e.